The van der Waals surface area contributed by atoms with E-state index < -0.39 is 17.4 Å². The minimum Gasteiger partial charge on any atom is -0.345 e. The van der Waals surface area contributed by atoms with Gasteiger partial charge in [-0.1, -0.05) is 23.7 Å². The maximum atomic E-state index is 12.9. The molecule has 0 radical (unpaired) electrons. The van der Waals surface area contributed by atoms with Crippen LogP contribution < -0.4 is 0 Å². The first kappa shape index (κ1) is 14.0. The highest BCUT2D eigenvalue weighted by Gasteiger charge is 2.39. The monoisotopic (exact) mass is 348 g/mol. The van der Waals surface area contributed by atoms with Gasteiger partial charge in [-0.2, -0.15) is 18.4 Å². The molecule has 0 unspecified atom stereocenters. The minimum absolute atomic E-state index is 0.182. The number of aromatic amines is 1. The zero-order valence-electron chi connectivity index (χ0n) is 9.15. The Hall–Kier alpha value is -1.45. The molecule has 0 bridgehead atoms. The van der Waals surface area contributed by atoms with Crippen LogP contribution in [-0.4, -0.2) is 4.98 Å². The Morgan fingerprint density at radius 2 is 1.79 bits per heavy atom. The molecule has 1 N–H and O–H groups in total. The van der Waals surface area contributed by atoms with E-state index in [1.165, 1.54) is 6.07 Å². The molecule has 0 spiro atoms. The van der Waals surface area contributed by atoms with Crippen molar-refractivity contribution in [2.45, 2.75) is 6.18 Å². The number of rotatable bonds is 1. The molecule has 0 aliphatic heterocycles. The topological polar surface area (TPSA) is 39.6 Å². The molecule has 2 nitrogen and oxygen atoms in total. The second kappa shape index (κ2) is 4.91. The number of alkyl halides is 3. The molecule has 19 heavy (non-hydrogen) atoms. The quantitative estimate of drug-likeness (QED) is 0.774. The van der Waals surface area contributed by atoms with Crippen molar-refractivity contribution in [2.24, 2.45) is 0 Å². The average molecular weight is 350 g/mol. The Morgan fingerprint density at radius 1 is 1.21 bits per heavy atom. The van der Waals surface area contributed by atoms with Gasteiger partial charge >= 0.3 is 6.18 Å². The number of hydrogen-bond donors (Lipinski definition) is 1. The van der Waals surface area contributed by atoms with Gasteiger partial charge in [-0.15, -0.1) is 0 Å². The van der Waals surface area contributed by atoms with Gasteiger partial charge in [-0.05, 0) is 33.6 Å². The predicted molar refractivity (Wildman–Crippen MR) is 68.7 cm³/mol. The number of nitrogens with zero attached hydrogens (tertiary/aromatic N) is 1. The van der Waals surface area contributed by atoms with Crippen LogP contribution in [0.15, 0.2) is 28.7 Å². The van der Waals surface area contributed by atoms with Crippen molar-refractivity contribution in [2.75, 3.05) is 0 Å². The number of nitriles is 1. The fraction of sp³-hybridized carbons (Fsp3) is 0.0833. The molecule has 98 valence electrons. The van der Waals surface area contributed by atoms with Crippen LogP contribution in [0.2, 0.25) is 5.02 Å². The lowest BCUT2D eigenvalue weighted by Crippen LogP contribution is -2.06. The third-order valence-corrected chi connectivity index (χ3v) is 3.51. The van der Waals surface area contributed by atoms with E-state index in [1.807, 2.05) is 0 Å². The summed E-state index contributed by atoms with van der Waals surface area (Å²) in [7, 11) is 0. The number of benzene rings is 1. The van der Waals surface area contributed by atoms with E-state index in [2.05, 4.69) is 20.9 Å². The van der Waals surface area contributed by atoms with Gasteiger partial charge in [0.1, 0.15) is 17.3 Å². The van der Waals surface area contributed by atoms with Crippen LogP contribution in [0, 0.1) is 11.3 Å². The molecule has 1 aromatic heterocycles. The molecule has 0 atom stereocenters. The zero-order chi connectivity index (χ0) is 14.2. The molecule has 0 saturated heterocycles. The van der Waals surface area contributed by atoms with E-state index in [1.54, 1.807) is 24.3 Å². The normalized spacial score (nSPS) is 11.4. The van der Waals surface area contributed by atoms with Crippen LogP contribution in [0.25, 0.3) is 11.3 Å². The highest BCUT2D eigenvalue weighted by atomic mass is 79.9. The first-order valence-electron chi connectivity index (χ1n) is 4.99. The molecule has 2 aromatic rings. The number of nitrogens with one attached hydrogen (secondary N) is 1. The standard InChI is InChI=1S/C12H5BrClF3N2/c13-10-9(12(15,16)17)8(5-18)19-11(10)6-1-3-7(14)4-2-6/h1-4,19H. The Bertz CT molecular complexity index is 653. The van der Waals surface area contributed by atoms with E-state index in [-0.39, 0.29) is 10.2 Å². The lowest BCUT2D eigenvalue weighted by atomic mass is 10.1. The number of H-pyrrole nitrogens is 1. The molecule has 0 fully saturated rings. The van der Waals surface area contributed by atoms with Crippen LogP contribution in [0.4, 0.5) is 13.2 Å². The van der Waals surface area contributed by atoms with Crippen molar-refractivity contribution >= 4 is 27.5 Å². The van der Waals surface area contributed by atoms with Crippen LogP contribution in [0.3, 0.4) is 0 Å². The van der Waals surface area contributed by atoms with Gasteiger partial charge in [0.15, 0.2) is 0 Å². The first-order chi connectivity index (χ1) is 8.84. The van der Waals surface area contributed by atoms with E-state index in [9.17, 15) is 13.2 Å². The van der Waals surface area contributed by atoms with Crippen LogP contribution in [0.1, 0.15) is 11.3 Å². The summed E-state index contributed by atoms with van der Waals surface area (Å²) in [6, 6.07) is 7.77. The van der Waals surface area contributed by atoms with E-state index >= 15 is 0 Å². The molecule has 2 rings (SSSR count). The number of aromatic nitrogens is 1. The fourth-order valence-electron chi connectivity index (χ4n) is 1.64. The summed E-state index contributed by atoms with van der Waals surface area (Å²) < 4.78 is 38.4. The Balaban J connectivity index is 2.64. The summed E-state index contributed by atoms with van der Waals surface area (Å²) in [6.07, 6.45) is -4.61. The second-order valence-electron chi connectivity index (χ2n) is 3.68. The van der Waals surface area contributed by atoms with Gasteiger partial charge in [0, 0.05) is 5.02 Å². The van der Waals surface area contributed by atoms with Gasteiger partial charge in [0.2, 0.25) is 0 Å². The molecular weight excluding hydrogens is 344 g/mol. The Labute approximate surface area is 119 Å². The van der Waals surface area contributed by atoms with Crippen molar-refractivity contribution < 1.29 is 13.2 Å². The molecule has 7 heteroatoms. The molecule has 0 amide bonds. The van der Waals surface area contributed by atoms with Gasteiger partial charge in [0.25, 0.3) is 0 Å². The molecule has 0 aliphatic carbocycles. The smallest absolute Gasteiger partial charge is 0.345 e. The van der Waals surface area contributed by atoms with Gasteiger partial charge in [-0.3, -0.25) is 0 Å². The largest absolute Gasteiger partial charge is 0.420 e. The zero-order valence-corrected chi connectivity index (χ0v) is 11.5. The molecular formula is C12H5BrClF3N2. The van der Waals surface area contributed by atoms with Crippen molar-refractivity contribution in [3.8, 4) is 17.3 Å². The average Bonchev–Trinajstić information content (AvgIpc) is 2.67. The predicted octanol–water partition coefficient (Wildman–Crippen LogP) is 4.99. The third-order valence-electron chi connectivity index (χ3n) is 2.47. The van der Waals surface area contributed by atoms with Gasteiger partial charge in [0.05, 0.1) is 10.2 Å². The van der Waals surface area contributed by atoms with Crippen molar-refractivity contribution in [3.63, 3.8) is 0 Å². The summed E-state index contributed by atoms with van der Waals surface area (Å²) in [4.78, 5) is 2.47. The maximum absolute atomic E-state index is 12.9. The molecule has 1 aromatic carbocycles. The summed E-state index contributed by atoms with van der Waals surface area (Å²) >= 11 is 8.62. The summed E-state index contributed by atoms with van der Waals surface area (Å²) in [5, 5.41) is 9.26. The third kappa shape index (κ3) is 2.62. The number of hydrogen-bond acceptors (Lipinski definition) is 1. The summed E-state index contributed by atoms with van der Waals surface area (Å²) in [5.41, 5.74) is -0.826. The van der Waals surface area contributed by atoms with Crippen molar-refractivity contribution in [1.82, 2.24) is 4.98 Å². The minimum atomic E-state index is -4.61. The van der Waals surface area contributed by atoms with Crippen LogP contribution in [-0.2, 0) is 6.18 Å². The molecule has 0 saturated carbocycles. The Morgan fingerprint density at radius 3 is 2.21 bits per heavy atom. The van der Waals surface area contributed by atoms with E-state index in [4.69, 9.17) is 16.9 Å². The van der Waals surface area contributed by atoms with Crippen LogP contribution >= 0.6 is 27.5 Å². The number of halogens is 5. The first-order valence-corrected chi connectivity index (χ1v) is 6.16. The highest BCUT2D eigenvalue weighted by Crippen LogP contribution is 2.42. The summed E-state index contributed by atoms with van der Waals surface area (Å²) in [6.45, 7) is 0. The second-order valence-corrected chi connectivity index (χ2v) is 4.91. The molecule has 0 aliphatic rings. The van der Waals surface area contributed by atoms with Crippen LogP contribution in [0.5, 0.6) is 0 Å². The van der Waals surface area contributed by atoms with Gasteiger partial charge in [-0.25, -0.2) is 0 Å². The highest BCUT2D eigenvalue weighted by molar-refractivity contribution is 9.10. The lowest BCUT2D eigenvalue weighted by molar-refractivity contribution is -0.138. The molecule has 1 heterocycles. The maximum Gasteiger partial charge on any atom is 0.420 e. The van der Waals surface area contributed by atoms with Crippen molar-refractivity contribution in [3.05, 3.63) is 45.0 Å². The van der Waals surface area contributed by atoms with Crippen molar-refractivity contribution in [1.29, 1.82) is 5.26 Å². The summed E-state index contributed by atoms with van der Waals surface area (Å²) in [5.74, 6) is 0. The Kier molecular flexibility index (Phi) is 3.61. The lowest BCUT2D eigenvalue weighted by Gasteiger charge is -2.05. The fourth-order valence-corrected chi connectivity index (χ4v) is 2.52. The SMILES string of the molecule is N#Cc1[nH]c(-c2ccc(Cl)cc2)c(Br)c1C(F)(F)F. The van der Waals surface area contributed by atoms with E-state index in [0.717, 1.165) is 0 Å². The van der Waals surface area contributed by atoms with Gasteiger partial charge < -0.3 is 4.98 Å². The van der Waals surface area contributed by atoms with E-state index in [0.29, 0.717) is 10.6 Å².